The van der Waals surface area contributed by atoms with E-state index in [4.69, 9.17) is 18.9 Å². The van der Waals surface area contributed by atoms with Crippen LogP contribution < -0.4 is 0 Å². The highest BCUT2D eigenvalue weighted by atomic mass is 32.3. The topological polar surface area (TPSA) is 178 Å². The molecule has 1 rings (SSSR count). The van der Waals surface area contributed by atoms with Crippen LogP contribution in [0.5, 0.6) is 0 Å². The third-order valence-corrected chi connectivity index (χ3v) is 13.5. The Morgan fingerprint density at radius 2 is 0.957 bits per heavy atom. The molecule has 13 heteroatoms. The molecule has 4 N–H and O–H groups in total. The molecule has 12 nitrogen and oxygen atoms in total. The molecule has 6 unspecified atom stereocenters. The van der Waals surface area contributed by atoms with Crippen LogP contribution in [0.1, 0.15) is 251 Å². The summed E-state index contributed by atoms with van der Waals surface area (Å²) in [5.41, 5.74) is 0. The fraction of sp³-hybridized carbons (Fsp3) is 0.875. The van der Waals surface area contributed by atoms with Crippen molar-refractivity contribution in [1.82, 2.24) is 0 Å². The van der Waals surface area contributed by atoms with E-state index in [-0.39, 0.29) is 19.6 Å². The Labute approximate surface area is 422 Å². The smallest absolute Gasteiger partial charge is 0.397 e. The zero-order valence-corrected chi connectivity index (χ0v) is 44.7. The van der Waals surface area contributed by atoms with Crippen LogP contribution in [-0.2, 0) is 38.3 Å². The van der Waals surface area contributed by atoms with E-state index < -0.39 is 59.8 Å². The molecule has 1 fully saturated rings. The summed E-state index contributed by atoms with van der Waals surface area (Å²) >= 11 is 0. The van der Waals surface area contributed by atoms with Gasteiger partial charge in [0.1, 0.15) is 30.5 Å². The van der Waals surface area contributed by atoms with Crippen LogP contribution in [0.15, 0.2) is 36.5 Å². The molecule has 1 aliphatic heterocycles. The largest absolute Gasteiger partial charge is 0.457 e. The normalized spacial score (nSPS) is 19.4. The van der Waals surface area contributed by atoms with Gasteiger partial charge in [0.2, 0.25) is 0 Å². The van der Waals surface area contributed by atoms with Crippen LogP contribution in [0.4, 0.5) is 0 Å². The minimum atomic E-state index is -5.07. The summed E-state index contributed by atoms with van der Waals surface area (Å²) in [4.78, 5) is 12.9. The number of hydrogen-bond donors (Lipinski definition) is 4. The van der Waals surface area contributed by atoms with Gasteiger partial charge in [0.25, 0.3) is 0 Å². The lowest BCUT2D eigenvalue weighted by molar-refractivity contribution is -0.301. The first-order chi connectivity index (χ1) is 33.6. The van der Waals surface area contributed by atoms with Crippen molar-refractivity contribution in [3.8, 4) is 0 Å². The molecule has 0 aliphatic carbocycles. The molecular weight excluding hydrogens is 897 g/mol. The number of aliphatic hydroxyl groups excluding tert-OH is 3. The average Bonchev–Trinajstić information content (AvgIpc) is 3.32. The fourth-order valence-corrected chi connectivity index (χ4v) is 9.21. The number of esters is 1. The van der Waals surface area contributed by atoms with Crippen molar-refractivity contribution in [3.63, 3.8) is 0 Å². The van der Waals surface area contributed by atoms with Crippen LogP contribution in [-0.4, -0.2) is 97.5 Å². The third-order valence-electron chi connectivity index (χ3n) is 13.0. The second-order valence-electron chi connectivity index (χ2n) is 19.5. The highest BCUT2D eigenvalue weighted by Crippen LogP contribution is 2.26. The SMILES string of the molecule is CCCCCCC/C=C\C/C=C\CCCCCCCCCCCCCC(=O)OC(COCCCCCCCCCC/C=C\CCCCCCCCC)COC1OC(CO)C(O)C(OS(=O)(=O)O)C1O. The first-order valence-corrected chi connectivity index (χ1v) is 29.6. The Balaban J connectivity index is 2.31. The van der Waals surface area contributed by atoms with Gasteiger partial charge in [-0.3, -0.25) is 9.35 Å². The van der Waals surface area contributed by atoms with Crippen molar-refractivity contribution in [1.29, 1.82) is 0 Å². The number of unbranched alkanes of at least 4 members (excludes halogenated alkanes) is 31. The minimum absolute atomic E-state index is 0.0350. The molecule has 69 heavy (non-hydrogen) atoms. The standard InChI is InChI=1S/C56H104O12S/c1-3-5-7-9-11-13-15-17-19-21-23-24-25-26-27-29-31-33-35-37-39-41-43-45-52(58)66-50(49-65-56-54(60)55(68-69(61,62)63)53(59)51(47-57)67-56)48-64-46-44-42-40-38-36-34-32-30-28-22-20-18-16-14-12-10-8-6-4-2/h15,17,20-23,50-51,53-57,59-60H,3-14,16,18-19,24-49H2,1-2H3,(H,61,62,63)/b17-15-,22-20-,23-21-. The molecule has 0 spiro atoms. The van der Waals surface area contributed by atoms with Crippen LogP contribution in [0.3, 0.4) is 0 Å². The van der Waals surface area contributed by atoms with Crippen molar-refractivity contribution in [2.75, 3.05) is 26.4 Å². The van der Waals surface area contributed by atoms with E-state index >= 15 is 0 Å². The van der Waals surface area contributed by atoms with E-state index in [9.17, 15) is 33.1 Å². The number of ether oxygens (including phenoxy) is 4. The minimum Gasteiger partial charge on any atom is -0.457 e. The first kappa shape index (κ1) is 65.3. The quantitative estimate of drug-likeness (QED) is 0.0196. The van der Waals surface area contributed by atoms with Gasteiger partial charge in [0.05, 0.1) is 19.8 Å². The monoisotopic (exact) mass is 1000 g/mol. The summed E-state index contributed by atoms with van der Waals surface area (Å²) in [6, 6.07) is 0. The van der Waals surface area contributed by atoms with Gasteiger partial charge in [0, 0.05) is 13.0 Å². The third kappa shape index (κ3) is 40.5. The predicted molar refractivity (Wildman–Crippen MR) is 280 cm³/mol. The summed E-state index contributed by atoms with van der Waals surface area (Å²) < 4.78 is 59.4. The summed E-state index contributed by atoms with van der Waals surface area (Å²) in [5, 5.41) is 30.8. The summed E-state index contributed by atoms with van der Waals surface area (Å²) in [6.07, 6.45) is 48.9. The van der Waals surface area contributed by atoms with Gasteiger partial charge in [0.15, 0.2) is 6.29 Å². The van der Waals surface area contributed by atoms with Gasteiger partial charge in [-0.2, -0.15) is 8.42 Å². The number of carbonyl (C=O) groups is 1. The van der Waals surface area contributed by atoms with Crippen molar-refractivity contribution in [2.24, 2.45) is 0 Å². The molecule has 1 aliphatic rings. The molecule has 1 saturated heterocycles. The maximum absolute atomic E-state index is 12.9. The van der Waals surface area contributed by atoms with Gasteiger partial charge in [-0.05, 0) is 70.6 Å². The Morgan fingerprint density at radius 1 is 0.551 bits per heavy atom. The van der Waals surface area contributed by atoms with Crippen molar-refractivity contribution in [3.05, 3.63) is 36.5 Å². The van der Waals surface area contributed by atoms with Crippen molar-refractivity contribution >= 4 is 16.4 Å². The summed E-state index contributed by atoms with van der Waals surface area (Å²) in [7, 11) is -5.07. The second kappa shape index (κ2) is 47.3. The average molecular weight is 1000 g/mol. The van der Waals surface area contributed by atoms with E-state index in [1.165, 1.54) is 180 Å². The highest BCUT2D eigenvalue weighted by Gasteiger charge is 2.48. The van der Waals surface area contributed by atoms with Crippen LogP contribution >= 0.6 is 0 Å². The van der Waals surface area contributed by atoms with Crippen molar-refractivity contribution in [2.45, 2.75) is 288 Å². The molecule has 1 heterocycles. The van der Waals surface area contributed by atoms with Gasteiger partial charge < -0.3 is 34.3 Å². The van der Waals surface area contributed by atoms with Crippen LogP contribution in [0.2, 0.25) is 0 Å². The van der Waals surface area contributed by atoms with E-state index in [1.54, 1.807) is 0 Å². The van der Waals surface area contributed by atoms with E-state index in [0.29, 0.717) is 13.0 Å². The van der Waals surface area contributed by atoms with Gasteiger partial charge in [-0.15, -0.1) is 0 Å². The Morgan fingerprint density at radius 3 is 1.39 bits per heavy atom. The Bertz CT molecular complexity index is 1340. The molecule has 406 valence electrons. The molecule has 0 aromatic heterocycles. The summed E-state index contributed by atoms with van der Waals surface area (Å²) in [6.45, 7) is 4.01. The molecular formula is C56H104O12S. The molecule has 0 saturated carbocycles. The molecule has 0 radical (unpaired) electrons. The first-order valence-electron chi connectivity index (χ1n) is 28.2. The molecule has 0 aromatic carbocycles. The fourth-order valence-electron chi connectivity index (χ4n) is 8.70. The molecule has 0 amide bonds. The molecule has 0 aromatic rings. The second-order valence-corrected chi connectivity index (χ2v) is 20.6. The number of rotatable bonds is 50. The maximum atomic E-state index is 12.9. The number of carbonyl (C=O) groups excluding carboxylic acids is 1. The maximum Gasteiger partial charge on any atom is 0.397 e. The lowest BCUT2D eigenvalue weighted by Gasteiger charge is -2.41. The van der Waals surface area contributed by atoms with Gasteiger partial charge in [-0.25, -0.2) is 4.18 Å². The van der Waals surface area contributed by atoms with Gasteiger partial charge >= 0.3 is 16.4 Å². The van der Waals surface area contributed by atoms with E-state index in [1.807, 2.05) is 0 Å². The Hall–Kier alpha value is -1.68. The van der Waals surface area contributed by atoms with E-state index in [2.05, 4.69) is 54.5 Å². The molecule has 6 atom stereocenters. The van der Waals surface area contributed by atoms with Crippen LogP contribution in [0, 0.1) is 0 Å². The zero-order chi connectivity index (χ0) is 50.3. The Kier molecular flexibility index (Phi) is 44.8. The number of allylic oxidation sites excluding steroid dienone is 6. The lowest BCUT2D eigenvalue weighted by atomic mass is 9.99. The molecule has 0 bridgehead atoms. The number of aliphatic hydroxyl groups is 3. The lowest BCUT2D eigenvalue weighted by Crippen LogP contribution is -2.60. The summed E-state index contributed by atoms with van der Waals surface area (Å²) in [5.74, 6) is -0.399. The van der Waals surface area contributed by atoms with Crippen LogP contribution in [0.25, 0.3) is 0 Å². The predicted octanol–water partition coefficient (Wildman–Crippen LogP) is 13.7. The highest BCUT2D eigenvalue weighted by molar-refractivity contribution is 7.80. The van der Waals surface area contributed by atoms with Crippen molar-refractivity contribution < 1.29 is 56.2 Å². The number of hydrogen-bond acceptors (Lipinski definition) is 11. The van der Waals surface area contributed by atoms with Gasteiger partial charge in [-0.1, -0.05) is 211 Å². The zero-order valence-electron chi connectivity index (χ0n) is 43.9. The van der Waals surface area contributed by atoms with E-state index in [0.717, 1.165) is 44.9 Å².